The maximum absolute atomic E-state index is 13.0. The number of carbonyl (C=O) groups is 1. The molecule has 1 aromatic carbocycles. The highest BCUT2D eigenvalue weighted by atomic mass is 16.5. The summed E-state index contributed by atoms with van der Waals surface area (Å²) >= 11 is 0. The van der Waals surface area contributed by atoms with Crippen LogP contribution in [-0.2, 0) is 0 Å². The molecule has 5 rings (SSSR count). The van der Waals surface area contributed by atoms with Crippen LogP contribution in [-0.4, -0.2) is 37.5 Å². The minimum Gasteiger partial charge on any atom is -0.345 e. The lowest BCUT2D eigenvalue weighted by atomic mass is 10.1. The van der Waals surface area contributed by atoms with E-state index in [1.165, 1.54) is 0 Å². The van der Waals surface area contributed by atoms with E-state index >= 15 is 0 Å². The maximum Gasteiger partial charge on any atom is 0.254 e. The van der Waals surface area contributed by atoms with Gasteiger partial charge < -0.3 is 14.4 Å². The van der Waals surface area contributed by atoms with Crippen molar-refractivity contribution in [1.82, 2.24) is 25.0 Å². The van der Waals surface area contributed by atoms with Crippen LogP contribution < -0.4 is 0 Å². The predicted molar refractivity (Wildman–Crippen MR) is 85.4 cm³/mol. The van der Waals surface area contributed by atoms with Gasteiger partial charge in [0.15, 0.2) is 5.82 Å². The van der Waals surface area contributed by atoms with E-state index in [2.05, 4.69) is 20.1 Å². The lowest BCUT2D eigenvalue weighted by Crippen LogP contribution is -2.30. The molecule has 3 aromatic rings. The molecule has 1 unspecified atom stereocenters. The van der Waals surface area contributed by atoms with Crippen LogP contribution in [0.2, 0.25) is 0 Å². The normalized spacial score (nSPS) is 20.8. The van der Waals surface area contributed by atoms with Crippen LogP contribution in [0.1, 0.15) is 59.7 Å². The largest absolute Gasteiger partial charge is 0.345 e. The molecular formula is C17H17N5O2. The van der Waals surface area contributed by atoms with E-state index in [4.69, 9.17) is 4.52 Å². The van der Waals surface area contributed by atoms with Crippen molar-refractivity contribution in [2.45, 2.75) is 37.6 Å². The molecule has 0 radical (unpaired) electrons. The van der Waals surface area contributed by atoms with Crippen molar-refractivity contribution in [2.75, 3.05) is 6.54 Å². The molecule has 7 nitrogen and oxygen atoms in total. The lowest BCUT2D eigenvalue weighted by molar-refractivity contribution is 0.0710. The van der Waals surface area contributed by atoms with Crippen molar-refractivity contribution >= 4 is 16.9 Å². The van der Waals surface area contributed by atoms with Gasteiger partial charge in [0, 0.05) is 18.0 Å². The quantitative estimate of drug-likeness (QED) is 0.800. The fourth-order valence-electron chi connectivity index (χ4n) is 3.39. The number of H-pyrrole nitrogens is 1. The molecule has 1 aliphatic carbocycles. The van der Waals surface area contributed by atoms with Crippen LogP contribution in [0, 0.1) is 0 Å². The Kier molecular flexibility index (Phi) is 2.95. The van der Waals surface area contributed by atoms with Gasteiger partial charge in [-0.1, -0.05) is 5.16 Å². The number of hydrogen-bond donors (Lipinski definition) is 1. The Balaban J connectivity index is 1.43. The number of nitrogens with one attached hydrogen (secondary N) is 1. The molecule has 3 heterocycles. The van der Waals surface area contributed by atoms with E-state index < -0.39 is 0 Å². The number of amides is 1. The summed E-state index contributed by atoms with van der Waals surface area (Å²) in [7, 11) is 0. The first-order valence-corrected chi connectivity index (χ1v) is 8.37. The van der Waals surface area contributed by atoms with Crippen molar-refractivity contribution in [3.05, 3.63) is 41.8 Å². The summed E-state index contributed by atoms with van der Waals surface area (Å²) in [6.07, 6.45) is 5.72. The molecule has 24 heavy (non-hydrogen) atoms. The van der Waals surface area contributed by atoms with Crippen molar-refractivity contribution in [3.63, 3.8) is 0 Å². The third kappa shape index (κ3) is 2.19. The van der Waals surface area contributed by atoms with Gasteiger partial charge >= 0.3 is 0 Å². The number of benzene rings is 1. The number of likely N-dealkylation sites (tertiary alicyclic amines) is 1. The molecule has 122 valence electrons. The Morgan fingerprint density at radius 3 is 3.08 bits per heavy atom. The van der Waals surface area contributed by atoms with Gasteiger partial charge in [-0.25, -0.2) is 4.98 Å². The zero-order valence-electron chi connectivity index (χ0n) is 13.1. The summed E-state index contributed by atoms with van der Waals surface area (Å²) in [4.78, 5) is 26.6. The van der Waals surface area contributed by atoms with E-state index in [0.717, 1.165) is 42.5 Å². The molecule has 1 aliphatic heterocycles. The van der Waals surface area contributed by atoms with E-state index in [-0.39, 0.29) is 11.9 Å². The number of hydrogen-bond acceptors (Lipinski definition) is 5. The van der Waals surface area contributed by atoms with Gasteiger partial charge in [0.05, 0.1) is 17.4 Å². The van der Waals surface area contributed by atoms with Gasteiger partial charge in [-0.15, -0.1) is 0 Å². The zero-order valence-corrected chi connectivity index (χ0v) is 13.1. The van der Waals surface area contributed by atoms with Crippen LogP contribution in [0.3, 0.4) is 0 Å². The number of aromatic amines is 1. The number of imidazole rings is 1. The molecule has 7 heteroatoms. The molecular weight excluding hydrogens is 306 g/mol. The van der Waals surface area contributed by atoms with Crippen molar-refractivity contribution in [1.29, 1.82) is 0 Å². The Morgan fingerprint density at radius 2 is 2.21 bits per heavy atom. The number of carbonyl (C=O) groups excluding carboxylic acids is 1. The topological polar surface area (TPSA) is 87.9 Å². The Labute approximate surface area is 138 Å². The van der Waals surface area contributed by atoms with Crippen LogP contribution in [0.4, 0.5) is 0 Å². The average Bonchev–Trinajstić information content (AvgIpc) is 3.06. The number of rotatable bonds is 3. The summed E-state index contributed by atoms with van der Waals surface area (Å²) in [5, 5.41) is 4.09. The van der Waals surface area contributed by atoms with Crippen molar-refractivity contribution < 1.29 is 9.32 Å². The third-order valence-corrected chi connectivity index (χ3v) is 4.87. The highest BCUT2D eigenvalue weighted by Gasteiger charge is 2.36. The minimum atomic E-state index is -0.116. The zero-order chi connectivity index (χ0) is 16.1. The monoisotopic (exact) mass is 323 g/mol. The first-order chi connectivity index (χ1) is 11.8. The van der Waals surface area contributed by atoms with Gasteiger partial charge in [0.25, 0.3) is 5.91 Å². The summed E-state index contributed by atoms with van der Waals surface area (Å²) in [5.74, 6) is 1.82. The second-order valence-corrected chi connectivity index (χ2v) is 6.56. The van der Waals surface area contributed by atoms with E-state index in [0.29, 0.717) is 23.9 Å². The molecule has 0 spiro atoms. The van der Waals surface area contributed by atoms with Gasteiger partial charge in [-0.2, -0.15) is 4.98 Å². The summed E-state index contributed by atoms with van der Waals surface area (Å²) < 4.78 is 5.45. The lowest BCUT2D eigenvalue weighted by Gasteiger charge is -2.21. The molecule has 1 amide bonds. The standard InChI is InChI=1S/C17H17N5O2/c23-17(11-5-6-12-13(8-11)19-9-18-12)22-7-1-2-14(22)16-20-15(21-24-16)10-3-4-10/h5-6,8-10,14H,1-4,7H2,(H,18,19). The predicted octanol–water partition coefficient (Wildman–Crippen LogP) is 2.80. The van der Waals surface area contributed by atoms with Crippen LogP contribution >= 0.6 is 0 Å². The summed E-state index contributed by atoms with van der Waals surface area (Å²) in [6.45, 7) is 0.714. The van der Waals surface area contributed by atoms with E-state index in [9.17, 15) is 4.79 Å². The highest BCUT2D eigenvalue weighted by molar-refractivity contribution is 5.97. The minimum absolute atomic E-state index is 0.000159. The SMILES string of the molecule is O=C(c1ccc2nc[nH]c2c1)N1CCCC1c1nc(C2CC2)no1. The number of nitrogens with zero attached hydrogens (tertiary/aromatic N) is 4. The Hall–Kier alpha value is -2.70. The smallest absolute Gasteiger partial charge is 0.254 e. The van der Waals surface area contributed by atoms with Crippen LogP contribution in [0.15, 0.2) is 29.0 Å². The van der Waals surface area contributed by atoms with Crippen molar-refractivity contribution in [2.24, 2.45) is 0 Å². The van der Waals surface area contributed by atoms with Gasteiger partial charge in [0.2, 0.25) is 5.89 Å². The fourth-order valence-corrected chi connectivity index (χ4v) is 3.39. The van der Waals surface area contributed by atoms with Gasteiger partial charge in [0.1, 0.15) is 6.04 Å². The van der Waals surface area contributed by atoms with Crippen LogP contribution in [0.25, 0.3) is 11.0 Å². The first kappa shape index (κ1) is 13.7. The Morgan fingerprint density at radius 1 is 1.29 bits per heavy atom. The van der Waals surface area contributed by atoms with Crippen molar-refractivity contribution in [3.8, 4) is 0 Å². The van der Waals surface area contributed by atoms with Crippen LogP contribution in [0.5, 0.6) is 0 Å². The summed E-state index contributed by atoms with van der Waals surface area (Å²) in [5.41, 5.74) is 2.38. The molecule has 0 bridgehead atoms. The maximum atomic E-state index is 13.0. The molecule has 1 saturated carbocycles. The molecule has 1 N–H and O–H groups in total. The number of aromatic nitrogens is 4. The second-order valence-electron chi connectivity index (χ2n) is 6.56. The second kappa shape index (κ2) is 5.15. The Bertz CT molecular complexity index is 910. The van der Waals surface area contributed by atoms with Gasteiger partial charge in [-0.05, 0) is 43.9 Å². The molecule has 2 aromatic heterocycles. The molecule has 1 atom stereocenters. The third-order valence-electron chi connectivity index (χ3n) is 4.87. The molecule has 2 aliphatic rings. The molecule has 1 saturated heterocycles. The highest BCUT2D eigenvalue weighted by Crippen LogP contribution is 2.40. The van der Waals surface area contributed by atoms with E-state index in [1.54, 1.807) is 6.33 Å². The van der Waals surface area contributed by atoms with Gasteiger partial charge in [-0.3, -0.25) is 4.79 Å². The summed E-state index contributed by atoms with van der Waals surface area (Å²) in [6, 6.07) is 5.42. The van der Waals surface area contributed by atoms with E-state index in [1.807, 2.05) is 23.1 Å². The molecule has 2 fully saturated rings. The fraction of sp³-hybridized carbons (Fsp3) is 0.412. The first-order valence-electron chi connectivity index (χ1n) is 8.37. The average molecular weight is 323 g/mol. The number of fused-ring (bicyclic) bond motifs is 1.